The molecule has 11 heavy (non-hydrogen) atoms. The number of rotatable bonds is 1. The molecule has 58 valence electrons. The topological polar surface area (TPSA) is 82.8 Å². The molecule has 0 saturated heterocycles. The highest BCUT2D eigenvalue weighted by Gasteiger charge is 2.00. The number of aromatic nitrogens is 2. The summed E-state index contributed by atoms with van der Waals surface area (Å²) in [5, 5.41) is 4.33. The highest BCUT2D eigenvalue weighted by Crippen LogP contribution is 1.84. The van der Waals surface area contributed by atoms with Crippen LogP contribution in [0.4, 0.5) is 0 Å². The van der Waals surface area contributed by atoms with Gasteiger partial charge in [0.05, 0.1) is 0 Å². The standard InChI is InChI=1S/C6H6N2O3/c1-3(9)4-2-5(10)6(11)8-7-4/h2H,1H3,(H,7,10)(H,8,11). The third-order valence-corrected chi connectivity index (χ3v) is 1.19. The van der Waals surface area contributed by atoms with Crippen molar-refractivity contribution in [1.82, 2.24) is 10.2 Å². The number of ketones is 1. The number of Topliss-reactive ketones (excluding diaryl/α,β-unsaturated/α-hetero) is 1. The van der Waals surface area contributed by atoms with Gasteiger partial charge in [0.25, 0.3) is 0 Å². The van der Waals surface area contributed by atoms with Crippen LogP contribution in [-0.4, -0.2) is 16.0 Å². The number of nitrogens with one attached hydrogen (secondary N) is 2. The lowest BCUT2D eigenvalue weighted by Gasteiger charge is -1.91. The molecule has 0 radical (unpaired) electrons. The molecular weight excluding hydrogens is 148 g/mol. The minimum Gasteiger partial charge on any atom is -0.295 e. The van der Waals surface area contributed by atoms with Crippen molar-refractivity contribution in [1.29, 1.82) is 0 Å². The second-order valence-corrected chi connectivity index (χ2v) is 2.06. The van der Waals surface area contributed by atoms with Crippen molar-refractivity contribution in [3.05, 3.63) is 32.3 Å². The lowest BCUT2D eigenvalue weighted by molar-refractivity contribution is 0.101. The van der Waals surface area contributed by atoms with E-state index in [9.17, 15) is 14.4 Å². The number of aromatic amines is 2. The molecule has 0 atom stereocenters. The van der Waals surface area contributed by atoms with Crippen LogP contribution in [0, 0.1) is 0 Å². The Kier molecular flexibility index (Phi) is 1.72. The molecule has 0 bridgehead atoms. The first-order valence-electron chi connectivity index (χ1n) is 2.94. The summed E-state index contributed by atoms with van der Waals surface area (Å²) in [4.78, 5) is 31.7. The molecule has 0 saturated carbocycles. The van der Waals surface area contributed by atoms with Gasteiger partial charge in [0, 0.05) is 13.0 Å². The fourth-order valence-corrected chi connectivity index (χ4v) is 0.608. The summed E-state index contributed by atoms with van der Waals surface area (Å²) in [5.41, 5.74) is -1.36. The normalized spacial score (nSPS) is 9.55. The van der Waals surface area contributed by atoms with Gasteiger partial charge in [0.1, 0.15) is 5.69 Å². The van der Waals surface area contributed by atoms with Gasteiger partial charge >= 0.3 is 5.56 Å². The molecule has 1 aromatic heterocycles. The number of H-pyrrole nitrogens is 2. The predicted octanol–water partition coefficient (Wildman–Crippen LogP) is -0.734. The molecule has 0 unspecified atom stereocenters. The van der Waals surface area contributed by atoms with E-state index in [0.29, 0.717) is 0 Å². The van der Waals surface area contributed by atoms with Crippen LogP contribution in [-0.2, 0) is 0 Å². The first kappa shape index (κ1) is 7.46. The maximum absolute atomic E-state index is 10.6. The molecule has 0 amide bonds. The van der Waals surface area contributed by atoms with Crippen molar-refractivity contribution in [2.45, 2.75) is 6.92 Å². The minimum absolute atomic E-state index is 0.106. The third kappa shape index (κ3) is 1.43. The minimum atomic E-state index is -0.755. The van der Waals surface area contributed by atoms with Crippen LogP contribution in [0.5, 0.6) is 0 Å². The fraction of sp³-hybridized carbons (Fsp3) is 0.167. The van der Waals surface area contributed by atoms with Gasteiger partial charge in [-0.25, -0.2) is 0 Å². The SMILES string of the molecule is CC(=O)c1cc(=O)c(=O)[nH][nH]1. The van der Waals surface area contributed by atoms with Crippen LogP contribution in [0.2, 0.25) is 0 Å². The van der Waals surface area contributed by atoms with Crippen LogP contribution in [0.1, 0.15) is 17.4 Å². The molecule has 1 heterocycles. The van der Waals surface area contributed by atoms with Crippen LogP contribution < -0.4 is 11.0 Å². The Hall–Kier alpha value is -1.65. The van der Waals surface area contributed by atoms with Gasteiger partial charge < -0.3 is 0 Å². The molecule has 5 nitrogen and oxygen atoms in total. The molecule has 1 rings (SSSR count). The lowest BCUT2D eigenvalue weighted by atomic mass is 10.3. The van der Waals surface area contributed by atoms with E-state index >= 15 is 0 Å². The van der Waals surface area contributed by atoms with Gasteiger partial charge in [-0.2, -0.15) is 0 Å². The Morgan fingerprint density at radius 3 is 2.45 bits per heavy atom. The lowest BCUT2D eigenvalue weighted by Crippen LogP contribution is -2.28. The summed E-state index contributed by atoms with van der Waals surface area (Å²) < 4.78 is 0. The Morgan fingerprint density at radius 2 is 2.00 bits per heavy atom. The largest absolute Gasteiger partial charge is 0.310 e. The fourth-order valence-electron chi connectivity index (χ4n) is 0.608. The first-order valence-corrected chi connectivity index (χ1v) is 2.94. The summed E-state index contributed by atoms with van der Waals surface area (Å²) in [6.45, 7) is 1.30. The summed E-state index contributed by atoms with van der Waals surface area (Å²) in [6.07, 6.45) is 0. The van der Waals surface area contributed by atoms with Crippen molar-refractivity contribution < 1.29 is 4.79 Å². The number of hydrogen-bond acceptors (Lipinski definition) is 3. The van der Waals surface area contributed by atoms with Crippen LogP contribution in [0.25, 0.3) is 0 Å². The van der Waals surface area contributed by atoms with E-state index in [0.717, 1.165) is 6.07 Å². The average molecular weight is 154 g/mol. The molecule has 0 aliphatic heterocycles. The molecule has 1 aromatic rings. The highest BCUT2D eigenvalue weighted by molar-refractivity contribution is 5.91. The van der Waals surface area contributed by atoms with Gasteiger partial charge in [-0.1, -0.05) is 0 Å². The first-order chi connectivity index (χ1) is 5.11. The summed E-state index contributed by atoms with van der Waals surface area (Å²) in [6, 6.07) is 0.973. The van der Waals surface area contributed by atoms with Crippen molar-refractivity contribution in [2.75, 3.05) is 0 Å². The quantitative estimate of drug-likeness (QED) is 0.413. The Balaban J connectivity index is 3.38. The second kappa shape index (κ2) is 2.53. The smallest absolute Gasteiger partial charge is 0.295 e. The Bertz CT molecular complexity index is 387. The maximum Gasteiger partial charge on any atom is 0.310 e. The monoisotopic (exact) mass is 154 g/mol. The average Bonchev–Trinajstić information content (AvgIpc) is 1.94. The Morgan fingerprint density at radius 1 is 1.36 bits per heavy atom. The van der Waals surface area contributed by atoms with E-state index in [1.807, 2.05) is 5.10 Å². The number of hydrogen-bond donors (Lipinski definition) is 2. The van der Waals surface area contributed by atoms with E-state index in [1.165, 1.54) is 6.92 Å². The maximum atomic E-state index is 10.6. The van der Waals surface area contributed by atoms with Gasteiger partial charge in [0.2, 0.25) is 5.43 Å². The zero-order valence-electron chi connectivity index (χ0n) is 5.80. The molecule has 0 aliphatic carbocycles. The summed E-state index contributed by atoms with van der Waals surface area (Å²) in [7, 11) is 0. The number of carbonyl (C=O) groups excluding carboxylic acids is 1. The van der Waals surface area contributed by atoms with E-state index in [1.54, 1.807) is 0 Å². The highest BCUT2D eigenvalue weighted by atomic mass is 16.2. The van der Waals surface area contributed by atoms with Gasteiger partial charge in [-0.15, -0.1) is 0 Å². The predicted molar refractivity (Wildman–Crippen MR) is 37.7 cm³/mol. The van der Waals surface area contributed by atoms with Crippen molar-refractivity contribution in [3.8, 4) is 0 Å². The summed E-state index contributed by atoms with van der Waals surface area (Å²) in [5.74, 6) is -0.293. The van der Waals surface area contributed by atoms with Gasteiger partial charge in [0.15, 0.2) is 5.78 Å². The third-order valence-electron chi connectivity index (χ3n) is 1.19. The van der Waals surface area contributed by atoms with E-state index in [-0.39, 0.29) is 11.5 Å². The second-order valence-electron chi connectivity index (χ2n) is 2.06. The summed E-state index contributed by atoms with van der Waals surface area (Å²) >= 11 is 0. The zero-order valence-corrected chi connectivity index (χ0v) is 5.80. The molecular formula is C6H6N2O3. The molecule has 0 aliphatic rings. The zero-order chi connectivity index (χ0) is 8.43. The van der Waals surface area contributed by atoms with E-state index < -0.39 is 11.0 Å². The number of carbonyl (C=O) groups is 1. The molecule has 2 N–H and O–H groups in total. The van der Waals surface area contributed by atoms with E-state index in [4.69, 9.17) is 0 Å². The van der Waals surface area contributed by atoms with Crippen molar-refractivity contribution in [3.63, 3.8) is 0 Å². The molecule has 0 spiro atoms. The van der Waals surface area contributed by atoms with Gasteiger partial charge in [-0.05, 0) is 0 Å². The van der Waals surface area contributed by atoms with E-state index in [2.05, 4.69) is 5.10 Å². The van der Waals surface area contributed by atoms with Crippen LogP contribution >= 0.6 is 0 Å². The van der Waals surface area contributed by atoms with Crippen LogP contribution in [0.3, 0.4) is 0 Å². The van der Waals surface area contributed by atoms with Crippen molar-refractivity contribution in [2.24, 2.45) is 0 Å². The Labute approximate surface area is 61.1 Å². The molecule has 0 fully saturated rings. The van der Waals surface area contributed by atoms with Crippen molar-refractivity contribution >= 4 is 5.78 Å². The molecule has 0 aromatic carbocycles. The molecule has 5 heteroatoms. The van der Waals surface area contributed by atoms with Gasteiger partial charge in [-0.3, -0.25) is 24.6 Å². The van der Waals surface area contributed by atoms with Crippen LogP contribution in [0.15, 0.2) is 15.7 Å².